The number of carbonyl (C=O) groups is 1. The van der Waals surface area contributed by atoms with Gasteiger partial charge in [0.15, 0.2) is 0 Å². The predicted molar refractivity (Wildman–Crippen MR) is 102 cm³/mol. The summed E-state index contributed by atoms with van der Waals surface area (Å²) in [5.74, 6) is 0.313. The molecule has 148 valence electrons. The molecule has 7 nitrogen and oxygen atoms in total. The smallest absolute Gasteiger partial charge is 0.387 e. The van der Waals surface area contributed by atoms with Crippen molar-refractivity contribution in [1.82, 2.24) is 15.0 Å². The SMILES string of the molecule is O=C(N/N=C\c1ccc(OC(F)F)cc1)c1ccc2c(=O)n3c(nc2c1)CCC3. The standard InChI is InChI=1S/C20H16F2N4O3/c21-20(22)29-14-6-3-12(4-7-14)11-23-25-18(27)13-5-8-15-16(10-13)24-17-2-1-9-26(17)19(15)28/h3-8,10-11,20H,1-2,9H2,(H,25,27)/b23-11-. The van der Waals surface area contributed by atoms with E-state index >= 15 is 0 Å². The van der Waals surface area contributed by atoms with Gasteiger partial charge in [0.1, 0.15) is 11.6 Å². The lowest BCUT2D eigenvalue weighted by Crippen LogP contribution is -2.22. The highest BCUT2D eigenvalue weighted by Crippen LogP contribution is 2.16. The van der Waals surface area contributed by atoms with E-state index in [0.29, 0.717) is 28.6 Å². The van der Waals surface area contributed by atoms with Gasteiger partial charge in [0.2, 0.25) is 0 Å². The highest BCUT2D eigenvalue weighted by atomic mass is 19.3. The monoisotopic (exact) mass is 398 g/mol. The minimum atomic E-state index is -2.89. The van der Waals surface area contributed by atoms with Crippen LogP contribution >= 0.6 is 0 Å². The molecule has 2 heterocycles. The van der Waals surface area contributed by atoms with Gasteiger partial charge in [-0.1, -0.05) is 0 Å². The Balaban J connectivity index is 1.47. The number of halogens is 2. The van der Waals surface area contributed by atoms with E-state index in [1.807, 2.05) is 0 Å². The van der Waals surface area contributed by atoms with Gasteiger partial charge in [-0.2, -0.15) is 13.9 Å². The molecular formula is C20H16F2N4O3. The Labute approximate surface area is 163 Å². The molecule has 0 bridgehead atoms. The van der Waals surface area contributed by atoms with Crippen molar-refractivity contribution in [2.24, 2.45) is 5.10 Å². The number of aromatic nitrogens is 2. The van der Waals surface area contributed by atoms with Crippen LogP contribution in [0, 0.1) is 0 Å². The summed E-state index contributed by atoms with van der Waals surface area (Å²) in [6.07, 6.45) is 3.01. The third-order valence-electron chi connectivity index (χ3n) is 4.56. The summed E-state index contributed by atoms with van der Waals surface area (Å²) in [4.78, 5) is 29.3. The number of aryl methyl sites for hydroxylation is 1. The van der Waals surface area contributed by atoms with E-state index in [0.717, 1.165) is 18.7 Å². The maximum Gasteiger partial charge on any atom is 0.387 e. The number of benzene rings is 2. The van der Waals surface area contributed by atoms with Crippen molar-refractivity contribution in [3.05, 3.63) is 69.8 Å². The number of hydrogen-bond donors (Lipinski definition) is 1. The lowest BCUT2D eigenvalue weighted by molar-refractivity contribution is -0.0498. The summed E-state index contributed by atoms with van der Waals surface area (Å²) in [5.41, 5.74) is 3.70. The number of rotatable bonds is 5. The Bertz CT molecular complexity index is 1160. The fourth-order valence-electron chi connectivity index (χ4n) is 3.19. The van der Waals surface area contributed by atoms with E-state index in [2.05, 4.69) is 20.2 Å². The Hall–Kier alpha value is -3.62. The zero-order valence-electron chi connectivity index (χ0n) is 15.1. The summed E-state index contributed by atoms with van der Waals surface area (Å²) in [6.45, 7) is -2.22. The van der Waals surface area contributed by atoms with Gasteiger partial charge in [-0.05, 0) is 54.4 Å². The molecule has 9 heteroatoms. The van der Waals surface area contributed by atoms with Crippen LogP contribution in [0.5, 0.6) is 5.75 Å². The third-order valence-corrected chi connectivity index (χ3v) is 4.56. The lowest BCUT2D eigenvalue weighted by Gasteiger charge is -2.06. The highest BCUT2D eigenvalue weighted by Gasteiger charge is 2.17. The quantitative estimate of drug-likeness (QED) is 0.529. The van der Waals surface area contributed by atoms with Crippen LogP contribution in [0.3, 0.4) is 0 Å². The summed E-state index contributed by atoms with van der Waals surface area (Å²) < 4.78 is 30.2. The molecule has 1 amide bonds. The second kappa shape index (κ2) is 7.78. The number of alkyl halides is 2. The Kier molecular flexibility index (Phi) is 5.03. The van der Waals surface area contributed by atoms with Crippen LogP contribution in [-0.2, 0) is 13.0 Å². The maximum atomic E-state index is 12.5. The Morgan fingerprint density at radius 2 is 2.03 bits per heavy atom. The molecule has 3 aromatic rings. The molecule has 0 radical (unpaired) electrons. The van der Waals surface area contributed by atoms with Crippen LogP contribution in [0.15, 0.2) is 52.4 Å². The second-order valence-corrected chi connectivity index (χ2v) is 6.47. The molecule has 2 aromatic carbocycles. The lowest BCUT2D eigenvalue weighted by atomic mass is 10.1. The van der Waals surface area contributed by atoms with Crippen LogP contribution in [0.4, 0.5) is 8.78 Å². The minimum Gasteiger partial charge on any atom is -0.435 e. The van der Waals surface area contributed by atoms with E-state index in [9.17, 15) is 18.4 Å². The number of hydrogen-bond acceptors (Lipinski definition) is 5. The van der Waals surface area contributed by atoms with Gasteiger partial charge in [-0.3, -0.25) is 14.2 Å². The molecule has 0 fully saturated rings. The molecule has 1 aromatic heterocycles. The summed E-state index contributed by atoms with van der Waals surface area (Å²) in [7, 11) is 0. The van der Waals surface area contributed by atoms with Gasteiger partial charge >= 0.3 is 6.61 Å². The van der Waals surface area contributed by atoms with E-state index < -0.39 is 12.5 Å². The fraction of sp³-hybridized carbons (Fsp3) is 0.200. The van der Waals surface area contributed by atoms with Crippen molar-refractivity contribution < 1.29 is 18.3 Å². The minimum absolute atomic E-state index is 0.0345. The Morgan fingerprint density at radius 1 is 1.24 bits per heavy atom. The molecule has 0 aliphatic carbocycles. The molecule has 1 aliphatic rings. The molecule has 0 saturated heterocycles. The zero-order chi connectivity index (χ0) is 20.4. The van der Waals surface area contributed by atoms with Crippen molar-refractivity contribution in [3.8, 4) is 5.75 Å². The van der Waals surface area contributed by atoms with Gasteiger partial charge in [-0.15, -0.1) is 0 Å². The van der Waals surface area contributed by atoms with E-state index in [-0.39, 0.29) is 11.3 Å². The van der Waals surface area contributed by atoms with Gasteiger partial charge in [-0.25, -0.2) is 10.4 Å². The van der Waals surface area contributed by atoms with Crippen LogP contribution < -0.4 is 15.7 Å². The van der Waals surface area contributed by atoms with Crippen molar-refractivity contribution in [2.75, 3.05) is 0 Å². The molecule has 29 heavy (non-hydrogen) atoms. The second-order valence-electron chi connectivity index (χ2n) is 6.47. The van der Waals surface area contributed by atoms with Gasteiger partial charge in [0.25, 0.3) is 11.5 Å². The first-order chi connectivity index (χ1) is 14.0. The number of carbonyl (C=O) groups excluding carboxylic acids is 1. The maximum absolute atomic E-state index is 12.5. The molecule has 0 saturated carbocycles. The molecular weight excluding hydrogens is 382 g/mol. The number of nitrogens with zero attached hydrogens (tertiary/aromatic N) is 3. The van der Waals surface area contributed by atoms with Crippen molar-refractivity contribution in [3.63, 3.8) is 0 Å². The Morgan fingerprint density at radius 3 is 2.79 bits per heavy atom. The van der Waals surface area contributed by atoms with E-state index in [1.165, 1.54) is 30.5 Å². The van der Waals surface area contributed by atoms with E-state index in [1.54, 1.807) is 22.8 Å². The fourth-order valence-corrected chi connectivity index (χ4v) is 3.19. The van der Waals surface area contributed by atoms with Crippen molar-refractivity contribution >= 4 is 23.0 Å². The van der Waals surface area contributed by atoms with Gasteiger partial charge < -0.3 is 4.74 Å². The van der Waals surface area contributed by atoms with Crippen molar-refractivity contribution in [1.29, 1.82) is 0 Å². The van der Waals surface area contributed by atoms with E-state index in [4.69, 9.17) is 0 Å². The summed E-state index contributed by atoms with van der Waals surface area (Å²) in [5, 5.41) is 4.34. The predicted octanol–water partition coefficient (Wildman–Crippen LogP) is 2.71. The first-order valence-corrected chi connectivity index (χ1v) is 8.93. The van der Waals surface area contributed by atoms with Crippen molar-refractivity contribution in [2.45, 2.75) is 26.0 Å². The zero-order valence-corrected chi connectivity index (χ0v) is 15.1. The van der Waals surface area contributed by atoms with Crippen LogP contribution in [0.1, 0.15) is 28.2 Å². The average Bonchev–Trinajstić information content (AvgIpc) is 3.17. The first-order valence-electron chi connectivity index (χ1n) is 8.93. The third kappa shape index (κ3) is 3.98. The first kappa shape index (κ1) is 18.7. The number of amides is 1. The molecule has 4 rings (SSSR count). The summed E-state index contributed by atoms with van der Waals surface area (Å²) in [6, 6.07) is 10.5. The largest absolute Gasteiger partial charge is 0.435 e. The number of hydrazone groups is 1. The molecule has 1 aliphatic heterocycles. The van der Waals surface area contributed by atoms with Crippen LogP contribution in [-0.4, -0.2) is 28.3 Å². The van der Waals surface area contributed by atoms with Crippen LogP contribution in [0.2, 0.25) is 0 Å². The average molecular weight is 398 g/mol. The number of ether oxygens (including phenoxy) is 1. The summed E-state index contributed by atoms with van der Waals surface area (Å²) >= 11 is 0. The number of nitrogens with one attached hydrogen (secondary N) is 1. The highest BCUT2D eigenvalue weighted by molar-refractivity contribution is 5.98. The van der Waals surface area contributed by atoms with Gasteiger partial charge in [0.05, 0.1) is 17.1 Å². The molecule has 1 N–H and O–H groups in total. The number of fused-ring (bicyclic) bond motifs is 2. The van der Waals surface area contributed by atoms with Gasteiger partial charge in [0, 0.05) is 18.5 Å². The normalized spacial score (nSPS) is 13.2. The molecule has 0 atom stereocenters. The molecule has 0 spiro atoms. The molecule has 0 unspecified atom stereocenters. The topological polar surface area (TPSA) is 85.6 Å². The van der Waals surface area contributed by atoms with Crippen LogP contribution in [0.25, 0.3) is 10.9 Å².